The third-order valence-electron chi connectivity index (χ3n) is 4.47. The number of nitrogens with zero attached hydrogens (tertiary/aromatic N) is 1. The molecule has 3 rings (SSSR count). The monoisotopic (exact) mass is 400 g/mol. The van der Waals surface area contributed by atoms with Gasteiger partial charge in [0.2, 0.25) is 0 Å². The Morgan fingerprint density at radius 2 is 1.60 bits per heavy atom. The fraction of sp³-hybridized carbons (Fsp3) is 0.300. The number of hydrogen-bond donors (Lipinski definition) is 1. The molecule has 2 aromatic carbocycles. The van der Waals surface area contributed by atoms with Crippen LogP contribution in [-0.4, -0.2) is 29.8 Å². The van der Waals surface area contributed by atoms with Gasteiger partial charge in [-0.2, -0.15) is 0 Å². The van der Waals surface area contributed by atoms with Crippen LogP contribution in [0.25, 0.3) is 0 Å². The summed E-state index contributed by atoms with van der Waals surface area (Å²) in [5.74, 6) is -0.101. The van der Waals surface area contributed by atoms with Crippen LogP contribution in [0.1, 0.15) is 45.5 Å². The van der Waals surface area contributed by atoms with Gasteiger partial charge in [0.1, 0.15) is 0 Å². The van der Waals surface area contributed by atoms with E-state index in [4.69, 9.17) is 0 Å². The van der Waals surface area contributed by atoms with E-state index in [1.54, 1.807) is 36.4 Å². The molecule has 2 aromatic rings. The van der Waals surface area contributed by atoms with E-state index in [0.717, 1.165) is 36.0 Å². The van der Waals surface area contributed by atoms with Crippen LogP contribution >= 0.6 is 15.9 Å². The van der Waals surface area contributed by atoms with Crippen LogP contribution in [0.15, 0.2) is 46.9 Å². The second-order valence-electron chi connectivity index (χ2n) is 6.35. The summed E-state index contributed by atoms with van der Waals surface area (Å²) in [6, 6.07) is 12.6. The van der Waals surface area contributed by atoms with Crippen LogP contribution in [0.5, 0.6) is 0 Å². The number of carbonyl (C=O) groups excluding carboxylic acids is 2. The number of halogens is 1. The molecule has 5 heteroatoms. The van der Waals surface area contributed by atoms with Crippen LogP contribution in [0.4, 0.5) is 5.69 Å². The summed E-state index contributed by atoms with van der Waals surface area (Å²) < 4.78 is 0.905. The molecule has 0 saturated carbocycles. The first-order chi connectivity index (χ1) is 12.0. The summed E-state index contributed by atoms with van der Waals surface area (Å²) in [4.78, 5) is 26.7. The minimum atomic E-state index is -0.171. The Hall–Kier alpha value is -2.14. The number of carbonyl (C=O) groups is 2. The average Bonchev–Trinajstić information content (AvgIpc) is 2.64. The van der Waals surface area contributed by atoms with E-state index in [9.17, 15) is 9.59 Å². The molecule has 1 aliphatic heterocycles. The highest BCUT2D eigenvalue weighted by atomic mass is 79.9. The van der Waals surface area contributed by atoms with Crippen molar-refractivity contribution in [3.05, 3.63) is 63.6 Å². The molecular weight excluding hydrogens is 380 g/mol. The van der Waals surface area contributed by atoms with Crippen molar-refractivity contribution in [3.8, 4) is 0 Å². The van der Waals surface area contributed by atoms with Gasteiger partial charge in [0.15, 0.2) is 0 Å². The van der Waals surface area contributed by atoms with E-state index in [0.29, 0.717) is 16.8 Å². The minimum Gasteiger partial charge on any atom is -0.339 e. The standard InChI is InChI=1S/C20H21BrN2O2/c1-14-5-6-16(13-18(14)21)19(24)22-17-9-7-15(8-10-17)20(25)23-11-3-2-4-12-23/h5-10,13H,2-4,11-12H2,1H3,(H,22,24). The SMILES string of the molecule is Cc1ccc(C(=O)Nc2ccc(C(=O)N3CCCCC3)cc2)cc1Br. The quantitative estimate of drug-likeness (QED) is 0.815. The maximum Gasteiger partial charge on any atom is 0.255 e. The largest absolute Gasteiger partial charge is 0.339 e. The Bertz CT molecular complexity index is 781. The van der Waals surface area contributed by atoms with Gasteiger partial charge in [0, 0.05) is 34.4 Å². The molecule has 0 radical (unpaired) electrons. The smallest absolute Gasteiger partial charge is 0.255 e. The van der Waals surface area contributed by atoms with Gasteiger partial charge in [-0.3, -0.25) is 9.59 Å². The molecule has 1 N–H and O–H groups in total. The maximum absolute atomic E-state index is 12.5. The lowest BCUT2D eigenvalue weighted by atomic mass is 10.1. The predicted molar refractivity (Wildman–Crippen MR) is 103 cm³/mol. The highest BCUT2D eigenvalue weighted by Gasteiger charge is 2.18. The highest BCUT2D eigenvalue weighted by molar-refractivity contribution is 9.10. The van der Waals surface area contributed by atoms with Crippen LogP contribution in [-0.2, 0) is 0 Å². The van der Waals surface area contributed by atoms with Crippen LogP contribution in [0.3, 0.4) is 0 Å². The lowest BCUT2D eigenvalue weighted by Crippen LogP contribution is -2.35. The Morgan fingerprint density at radius 3 is 2.24 bits per heavy atom. The van der Waals surface area contributed by atoms with Crippen molar-refractivity contribution in [1.82, 2.24) is 4.90 Å². The van der Waals surface area contributed by atoms with E-state index < -0.39 is 0 Å². The zero-order valence-electron chi connectivity index (χ0n) is 14.2. The van der Waals surface area contributed by atoms with E-state index >= 15 is 0 Å². The summed E-state index contributed by atoms with van der Waals surface area (Å²) in [5.41, 5.74) is 3.01. The molecular formula is C20H21BrN2O2. The van der Waals surface area contributed by atoms with E-state index in [2.05, 4.69) is 21.2 Å². The zero-order chi connectivity index (χ0) is 17.8. The number of rotatable bonds is 3. The minimum absolute atomic E-state index is 0.0695. The van der Waals surface area contributed by atoms with Gasteiger partial charge < -0.3 is 10.2 Å². The lowest BCUT2D eigenvalue weighted by Gasteiger charge is -2.26. The van der Waals surface area contributed by atoms with Crippen LogP contribution in [0, 0.1) is 6.92 Å². The second-order valence-corrected chi connectivity index (χ2v) is 7.20. The molecule has 2 amide bonds. The summed E-state index contributed by atoms with van der Waals surface area (Å²) in [6.07, 6.45) is 3.35. The fourth-order valence-corrected chi connectivity index (χ4v) is 3.29. The number of anilines is 1. The second kappa shape index (κ2) is 7.83. The number of piperidine rings is 1. The number of aryl methyl sites for hydroxylation is 1. The average molecular weight is 401 g/mol. The van der Waals surface area contributed by atoms with Gasteiger partial charge in [0.05, 0.1) is 0 Å². The highest BCUT2D eigenvalue weighted by Crippen LogP contribution is 2.19. The van der Waals surface area contributed by atoms with Gasteiger partial charge in [-0.15, -0.1) is 0 Å². The predicted octanol–water partition coefficient (Wildman–Crippen LogP) is 4.64. The Kier molecular flexibility index (Phi) is 5.53. The third-order valence-corrected chi connectivity index (χ3v) is 5.32. The lowest BCUT2D eigenvalue weighted by molar-refractivity contribution is 0.0724. The van der Waals surface area contributed by atoms with Crippen molar-refractivity contribution in [2.45, 2.75) is 26.2 Å². The molecule has 0 bridgehead atoms. The summed E-state index contributed by atoms with van der Waals surface area (Å²) in [6.45, 7) is 3.64. The summed E-state index contributed by atoms with van der Waals surface area (Å²) in [5, 5.41) is 2.87. The Balaban J connectivity index is 1.66. The van der Waals surface area contributed by atoms with Gasteiger partial charge in [-0.1, -0.05) is 22.0 Å². The molecule has 1 saturated heterocycles. The number of nitrogens with one attached hydrogen (secondary N) is 1. The Morgan fingerprint density at radius 1 is 0.960 bits per heavy atom. The first-order valence-electron chi connectivity index (χ1n) is 8.51. The molecule has 0 aromatic heterocycles. The molecule has 1 aliphatic rings. The van der Waals surface area contributed by atoms with E-state index in [1.165, 1.54) is 6.42 Å². The molecule has 0 spiro atoms. The first-order valence-corrected chi connectivity index (χ1v) is 9.31. The van der Waals surface area contributed by atoms with Gasteiger partial charge in [0.25, 0.3) is 11.8 Å². The maximum atomic E-state index is 12.5. The normalized spacial score (nSPS) is 14.2. The molecule has 1 fully saturated rings. The molecule has 4 nitrogen and oxygen atoms in total. The number of hydrogen-bond acceptors (Lipinski definition) is 2. The van der Waals surface area contributed by atoms with Crippen LogP contribution in [0.2, 0.25) is 0 Å². The molecule has 0 atom stereocenters. The zero-order valence-corrected chi connectivity index (χ0v) is 15.8. The molecule has 1 heterocycles. The van der Waals surface area contributed by atoms with Crippen molar-refractivity contribution < 1.29 is 9.59 Å². The van der Waals surface area contributed by atoms with Crippen molar-refractivity contribution in [1.29, 1.82) is 0 Å². The molecule has 130 valence electrons. The van der Waals surface area contributed by atoms with Crippen molar-refractivity contribution in [2.24, 2.45) is 0 Å². The van der Waals surface area contributed by atoms with Crippen LogP contribution < -0.4 is 5.32 Å². The summed E-state index contributed by atoms with van der Waals surface area (Å²) in [7, 11) is 0. The fourth-order valence-electron chi connectivity index (χ4n) is 2.91. The number of benzene rings is 2. The first kappa shape index (κ1) is 17.7. The molecule has 0 unspecified atom stereocenters. The van der Waals surface area contributed by atoms with Crippen molar-refractivity contribution >= 4 is 33.4 Å². The van der Waals surface area contributed by atoms with Gasteiger partial charge in [-0.25, -0.2) is 0 Å². The van der Waals surface area contributed by atoms with Crippen molar-refractivity contribution in [3.63, 3.8) is 0 Å². The molecule has 25 heavy (non-hydrogen) atoms. The number of likely N-dealkylation sites (tertiary alicyclic amines) is 1. The third kappa shape index (κ3) is 4.28. The van der Waals surface area contributed by atoms with Gasteiger partial charge in [-0.05, 0) is 68.1 Å². The number of amides is 2. The van der Waals surface area contributed by atoms with E-state index in [1.807, 2.05) is 17.9 Å². The Labute approximate surface area is 156 Å². The van der Waals surface area contributed by atoms with Gasteiger partial charge >= 0.3 is 0 Å². The van der Waals surface area contributed by atoms with Crippen molar-refractivity contribution in [2.75, 3.05) is 18.4 Å². The topological polar surface area (TPSA) is 49.4 Å². The van der Waals surface area contributed by atoms with E-state index in [-0.39, 0.29) is 11.8 Å². The molecule has 0 aliphatic carbocycles. The summed E-state index contributed by atoms with van der Waals surface area (Å²) >= 11 is 3.44.